The molecule has 8 heteroatoms. The molecule has 0 unspecified atom stereocenters. The zero-order chi connectivity index (χ0) is 22.9. The molecule has 1 aromatic carbocycles. The van der Waals surface area contributed by atoms with E-state index in [4.69, 9.17) is 9.72 Å². The minimum Gasteiger partial charge on any atom is -0.374 e. The zero-order valence-corrected chi connectivity index (χ0v) is 19.3. The molecule has 3 aromatic rings. The van der Waals surface area contributed by atoms with E-state index >= 15 is 0 Å². The molecule has 2 bridgehead atoms. The third kappa shape index (κ3) is 3.99. The van der Waals surface area contributed by atoms with Crippen LogP contribution in [0.2, 0.25) is 0 Å². The number of pyridine rings is 1. The molecular weight excluding hydrogens is 414 g/mol. The van der Waals surface area contributed by atoms with E-state index in [1.165, 1.54) is 0 Å². The molecule has 0 spiro atoms. The van der Waals surface area contributed by atoms with Crippen LogP contribution >= 0.6 is 0 Å². The molecule has 5 heterocycles. The Morgan fingerprint density at radius 1 is 1.27 bits per heavy atom. The molecule has 2 N–H and O–H groups in total. The van der Waals surface area contributed by atoms with Crippen LogP contribution in [0.4, 0.5) is 11.6 Å². The van der Waals surface area contributed by atoms with Crippen molar-refractivity contribution < 1.29 is 4.74 Å². The Balaban J connectivity index is 1.54. The number of nitriles is 1. The van der Waals surface area contributed by atoms with E-state index in [-0.39, 0.29) is 12.1 Å². The number of ether oxygens (including phenoxy) is 1. The first-order valence-electron chi connectivity index (χ1n) is 11.5. The first-order valence-corrected chi connectivity index (χ1v) is 11.5. The molecule has 2 aromatic heterocycles. The molecule has 8 nitrogen and oxygen atoms in total. The van der Waals surface area contributed by atoms with Gasteiger partial charge in [0.1, 0.15) is 5.82 Å². The lowest BCUT2D eigenvalue weighted by atomic mass is 9.97. The maximum absolute atomic E-state index is 9.42. The van der Waals surface area contributed by atoms with Gasteiger partial charge in [-0.05, 0) is 57.0 Å². The van der Waals surface area contributed by atoms with E-state index in [9.17, 15) is 5.26 Å². The van der Waals surface area contributed by atoms with Crippen molar-refractivity contribution in [3.8, 4) is 6.07 Å². The number of nitrogens with zero attached hydrogens (tertiary/aromatic N) is 5. The monoisotopic (exact) mass is 443 g/mol. The minimum absolute atomic E-state index is 0.0398. The lowest BCUT2D eigenvalue weighted by molar-refractivity contribution is -0.0228. The normalized spacial score (nSPS) is 20.6. The van der Waals surface area contributed by atoms with Crippen LogP contribution in [0.3, 0.4) is 0 Å². The van der Waals surface area contributed by atoms with Crippen molar-refractivity contribution in [2.75, 3.05) is 30.4 Å². The lowest BCUT2D eigenvalue weighted by Gasteiger charge is -2.45. The lowest BCUT2D eigenvalue weighted by Crippen LogP contribution is -2.54. The van der Waals surface area contributed by atoms with Crippen LogP contribution in [-0.4, -0.2) is 47.5 Å². The molecule has 0 aliphatic carbocycles. The highest BCUT2D eigenvalue weighted by atomic mass is 16.5. The summed E-state index contributed by atoms with van der Waals surface area (Å²) in [6.45, 7) is 6.33. The van der Waals surface area contributed by atoms with Crippen molar-refractivity contribution in [3.05, 3.63) is 52.8 Å². The number of anilines is 2. The van der Waals surface area contributed by atoms with Gasteiger partial charge in [-0.1, -0.05) is 12.1 Å². The van der Waals surface area contributed by atoms with Crippen LogP contribution in [-0.2, 0) is 11.3 Å². The molecule has 0 saturated carbocycles. The Morgan fingerprint density at radius 3 is 2.85 bits per heavy atom. The predicted octanol–water partition coefficient (Wildman–Crippen LogP) is 3.47. The second kappa shape index (κ2) is 8.93. The molecule has 170 valence electrons. The van der Waals surface area contributed by atoms with E-state index in [0.29, 0.717) is 18.2 Å². The summed E-state index contributed by atoms with van der Waals surface area (Å²) in [5.41, 5.74) is 3.62. The van der Waals surface area contributed by atoms with Gasteiger partial charge in [-0.15, -0.1) is 5.10 Å². The summed E-state index contributed by atoms with van der Waals surface area (Å²) in [6.07, 6.45) is 4.47. The van der Waals surface area contributed by atoms with Crippen molar-refractivity contribution in [1.82, 2.24) is 20.5 Å². The molecule has 3 atom stereocenters. The predicted molar refractivity (Wildman–Crippen MR) is 128 cm³/mol. The van der Waals surface area contributed by atoms with E-state index in [0.717, 1.165) is 65.2 Å². The average molecular weight is 444 g/mol. The van der Waals surface area contributed by atoms with E-state index in [1.54, 1.807) is 0 Å². The fraction of sp³-hybridized carbons (Fsp3) is 0.440. The fourth-order valence-electron chi connectivity index (χ4n) is 5.01. The molecule has 33 heavy (non-hydrogen) atoms. The highest BCUT2D eigenvalue weighted by Gasteiger charge is 2.35. The van der Waals surface area contributed by atoms with E-state index in [2.05, 4.69) is 50.9 Å². The summed E-state index contributed by atoms with van der Waals surface area (Å²) in [6, 6.07) is 10.6. The first-order chi connectivity index (χ1) is 16.1. The minimum atomic E-state index is -0.0398. The van der Waals surface area contributed by atoms with Crippen molar-refractivity contribution in [2.45, 2.75) is 51.4 Å². The van der Waals surface area contributed by atoms with Crippen molar-refractivity contribution in [3.63, 3.8) is 0 Å². The average Bonchev–Trinajstić information content (AvgIpc) is 2.86. The second-order valence-corrected chi connectivity index (χ2v) is 8.95. The van der Waals surface area contributed by atoms with Gasteiger partial charge in [0.2, 0.25) is 0 Å². The molecule has 0 radical (unpaired) electrons. The van der Waals surface area contributed by atoms with Crippen LogP contribution in [0.5, 0.6) is 0 Å². The summed E-state index contributed by atoms with van der Waals surface area (Å²) in [5, 5.41) is 27.2. The summed E-state index contributed by atoms with van der Waals surface area (Å²) in [5.74, 6) is 1.68. The molecule has 0 amide bonds. The maximum Gasteiger partial charge on any atom is 0.157 e. The molecule has 3 saturated heterocycles. The van der Waals surface area contributed by atoms with Gasteiger partial charge in [0.15, 0.2) is 5.82 Å². The Bertz CT molecular complexity index is 1210. The van der Waals surface area contributed by atoms with Crippen LogP contribution < -0.4 is 15.5 Å². The standard InChI is InChI=1S/C25H29N7O/c1-15-17(10-26)5-4-6-20(15)16(2)29-25-21-9-24(32-13-19-8-7-18(32)14-33-19)28-11-22(21)23(12-27-3)30-31-25/h4-6,9,11,16,18-19,27H,7-8,12-14H2,1-3H3,(H,29,31)/t16-,18-,19-/m1/s1. The molecule has 3 fully saturated rings. The van der Waals surface area contributed by atoms with E-state index < -0.39 is 0 Å². The van der Waals surface area contributed by atoms with Crippen LogP contribution in [0, 0.1) is 18.3 Å². The Labute approximate surface area is 194 Å². The van der Waals surface area contributed by atoms with Crippen molar-refractivity contribution >= 4 is 22.4 Å². The van der Waals surface area contributed by atoms with Crippen LogP contribution in [0.25, 0.3) is 10.8 Å². The largest absolute Gasteiger partial charge is 0.374 e. The summed E-state index contributed by atoms with van der Waals surface area (Å²) >= 11 is 0. The number of nitrogens with one attached hydrogen (secondary N) is 2. The zero-order valence-electron chi connectivity index (χ0n) is 19.3. The van der Waals surface area contributed by atoms with Crippen molar-refractivity contribution in [1.29, 1.82) is 5.26 Å². The quantitative estimate of drug-likeness (QED) is 0.598. The highest BCUT2D eigenvalue weighted by Crippen LogP contribution is 2.34. The van der Waals surface area contributed by atoms with Gasteiger partial charge in [0.05, 0.1) is 42.1 Å². The van der Waals surface area contributed by atoms with Gasteiger partial charge >= 0.3 is 0 Å². The van der Waals surface area contributed by atoms with Gasteiger partial charge in [0.25, 0.3) is 0 Å². The number of hydrogen-bond acceptors (Lipinski definition) is 8. The Hall–Kier alpha value is -3.28. The highest BCUT2D eigenvalue weighted by molar-refractivity contribution is 5.94. The van der Waals surface area contributed by atoms with Crippen LogP contribution in [0.1, 0.15) is 48.2 Å². The van der Waals surface area contributed by atoms with Gasteiger partial charge < -0.3 is 20.3 Å². The number of fused-ring (bicyclic) bond motifs is 4. The SMILES string of the molecule is CNCc1nnc(N[C@H](C)c2cccc(C#N)c2C)c2cc(N3C[C@H]4CC[C@@H]3CO4)ncc12. The molecule has 3 aliphatic heterocycles. The third-order valence-corrected chi connectivity index (χ3v) is 6.87. The first kappa shape index (κ1) is 21.6. The maximum atomic E-state index is 9.42. The number of piperidine rings is 1. The smallest absolute Gasteiger partial charge is 0.157 e. The van der Waals surface area contributed by atoms with Gasteiger partial charge in [-0.2, -0.15) is 10.4 Å². The molecule has 6 rings (SSSR count). The summed E-state index contributed by atoms with van der Waals surface area (Å²) in [4.78, 5) is 7.20. The second-order valence-electron chi connectivity index (χ2n) is 8.95. The summed E-state index contributed by atoms with van der Waals surface area (Å²) in [7, 11) is 1.90. The Kier molecular flexibility index (Phi) is 5.83. The fourth-order valence-corrected chi connectivity index (χ4v) is 5.01. The van der Waals surface area contributed by atoms with Gasteiger partial charge in [0, 0.05) is 30.1 Å². The van der Waals surface area contributed by atoms with Crippen LogP contribution in [0.15, 0.2) is 30.5 Å². The topological polar surface area (TPSA) is 99.0 Å². The van der Waals surface area contributed by atoms with Gasteiger partial charge in [-0.25, -0.2) is 4.98 Å². The van der Waals surface area contributed by atoms with Gasteiger partial charge in [-0.3, -0.25) is 0 Å². The molecule has 3 aliphatic rings. The number of rotatable bonds is 6. The number of aromatic nitrogens is 3. The van der Waals surface area contributed by atoms with Crippen molar-refractivity contribution in [2.24, 2.45) is 0 Å². The number of benzene rings is 1. The summed E-state index contributed by atoms with van der Waals surface area (Å²) < 4.78 is 5.89. The third-order valence-electron chi connectivity index (χ3n) is 6.87. The Morgan fingerprint density at radius 2 is 2.15 bits per heavy atom. The van der Waals surface area contributed by atoms with E-state index in [1.807, 2.05) is 32.3 Å². The molecular formula is C25H29N7O. The number of morpholine rings is 1. The number of hydrogen-bond donors (Lipinski definition) is 2.